The van der Waals surface area contributed by atoms with Crippen LogP contribution >= 0.6 is 0 Å². The van der Waals surface area contributed by atoms with Crippen LogP contribution in [0, 0.1) is 0 Å². The van der Waals surface area contributed by atoms with Crippen molar-refractivity contribution in [2.75, 3.05) is 40.1 Å². The molecule has 1 heterocycles. The number of β-amino-alcohol motifs (C(OH)–C–C–N with tert-alkyl or cyclic N) is 2. The van der Waals surface area contributed by atoms with Gasteiger partial charge in [-0.2, -0.15) is 0 Å². The standard InChI is InChI=1S/C10H23N3O2/c1-9(14)4-12-6-11(3)7-13(8-12)5-10(2)15/h9-10,14-15H,4-8H2,1-3H3. The Balaban J connectivity index is 2.41. The van der Waals surface area contributed by atoms with Gasteiger partial charge in [0.25, 0.3) is 0 Å². The van der Waals surface area contributed by atoms with Gasteiger partial charge < -0.3 is 10.2 Å². The van der Waals surface area contributed by atoms with Crippen molar-refractivity contribution in [2.24, 2.45) is 0 Å². The molecule has 0 bridgehead atoms. The predicted octanol–water partition coefficient (Wildman–Crippen LogP) is -0.830. The molecule has 2 unspecified atom stereocenters. The highest BCUT2D eigenvalue weighted by Crippen LogP contribution is 2.06. The average Bonchev–Trinajstić information content (AvgIpc) is 1.98. The normalized spacial score (nSPS) is 25.4. The van der Waals surface area contributed by atoms with Gasteiger partial charge in [-0.15, -0.1) is 0 Å². The molecule has 2 atom stereocenters. The molecule has 0 aliphatic carbocycles. The summed E-state index contributed by atoms with van der Waals surface area (Å²) in [7, 11) is 2.04. The number of aliphatic hydroxyl groups excluding tert-OH is 2. The third kappa shape index (κ3) is 4.90. The maximum Gasteiger partial charge on any atom is 0.0640 e. The average molecular weight is 217 g/mol. The van der Waals surface area contributed by atoms with Gasteiger partial charge in [0.1, 0.15) is 0 Å². The molecular formula is C10H23N3O2. The van der Waals surface area contributed by atoms with E-state index in [0.717, 1.165) is 20.0 Å². The van der Waals surface area contributed by atoms with Gasteiger partial charge in [0, 0.05) is 13.1 Å². The first-order valence-electron chi connectivity index (χ1n) is 5.46. The van der Waals surface area contributed by atoms with Gasteiger partial charge in [-0.05, 0) is 20.9 Å². The second-order valence-corrected chi connectivity index (χ2v) is 4.69. The Morgan fingerprint density at radius 2 is 1.33 bits per heavy atom. The first-order valence-corrected chi connectivity index (χ1v) is 5.46. The maximum atomic E-state index is 9.33. The van der Waals surface area contributed by atoms with Gasteiger partial charge in [-0.1, -0.05) is 0 Å². The van der Waals surface area contributed by atoms with Crippen LogP contribution in [0.5, 0.6) is 0 Å². The monoisotopic (exact) mass is 217 g/mol. The van der Waals surface area contributed by atoms with Gasteiger partial charge in [0.15, 0.2) is 0 Å². The van der Waals surface area contributed by atoms with Gasteiger partial charge >= 0.3 is 0 Å². The fourth-order valence-corrected chi connectivity index (χ4v) is 2.08. The summed E-state index contributed by atoms with van der Waals surface area (Å²) in [6.45, 7) is 7.53. The Labute approximate surface area is 91.9 Å². The Morgan fingerprint density at radius 3 is 1.67 bits per heavy atom. The third-order valence-corrected chi connectivity index (χ3v) is 2.33. The number of hydrogen-bond acceptors (Lipinski definition) is 5. The third-order valence-electron chi connectivity index (χ3n) is 2.33. The molecule has 15 heavy (non-hydrogen) atoms. The van der Waals surface area contributed by atoms with Crippen LogP contribution in [-0.4, -0.2) is 77.3 Å². The van der Waals surface area contributed by atoms with E-state index in [1.54, 1.807) is 13.8 Å². The van der Waals surface area contributed by atoms with Crippen LogP contribution in [0.3, 0.4) is 0 Å². The summed E-state index contributed by atoms with van der Waals surface area (Å²) in [5.41, 5.74) is 0. The molecule has 0 aromatic rings. The topological polar surface area (TPSA) is 50.2 Å². The molecule has 0 spiro atoms. The molecule has 1 aliphatic heterocycles. The van der Waals surface area contributed by atoms with Crippen molar-refractivity contribution >= 4 is 0 Å². The highest BCUT2D eigenvalue weighted by Gasteiger charge is 2.22. The van der Waals surface area contributed by atoms with Crippen molar-refractivity contribution in [1.29, 1.82) is 0 Å². The van der Waals surface area contributed by atoms with Gasteiger partial charge in [-0.3, -0.25) is 14.7 Å². The zero-order valence-electron chi connectivity index (χ0n) is 9.93. The first kappa shape index (κ1) is 12.9. The van der Waals surface area contributed by atoms with Crippen LogP contribution in [0.1, 0.15) is 13.8 Å². The fraction of sp³-hybridized carbons (Fsp3) is 1.00. The molecule has 0 radical (unpaired) electrons. The largest absolute Gasteiger partial charge is 0.392 e. The van der Waals surface area contributed by atoms with Crippen molar-refractivity contribution in [3.8, 4) is 0 Å². The van der Waals surface area contributed by atoms with Crippen molar-refractivity contribution in [3.05, 3.63) is 0 Å². The van der Waals surface area contributed by atoms with Crippen LogP contribution in [0.25, 0.3) is 0 Å². The summed E-state index contributed by atoms with van der Waals surface area (Å²) in [5.74, 6) is 0. The minimum absolute atomic E-state index is 0.301. The van der Waals surface area contributed by atoms with Gasteiger partial charge in [0.05, 0.1) is 32.2 Å². The zero-order valence-corrected chi connectivity index (χ0v) is 9.93. The summed E-state index contributed by atoms with van der Waals surface area (Å²) in [5, 5.41) is 18.7. The Morgan fingerprint density at radius 1 is 0.933 bits per heavy atom. The van der Waals surface area contributed by atoms with Crippen LogP contribution in [0.2, 0.25) is 0 Å². The Bertz CT molecular complexity index is 166. The number of aliphatic hydroxyl groups is 2. The molecule has 90 valence electrons. The minimum Gasteiger partial charge on any atom is -0.392 e. The fourth-order valence-electron chi connectivity index (χ4n) is 2.08. The van der Waals surface area contributed by atoms with Crippen molar-refractivity contribution in [3.63, 3.8) is 0 Å². The van der Waals surface area contributed by atoms with E-state index >= 15 is 0 Å². The SMILES string of the molecule is CC(O)CN1CN(C)CN(CC(C)O)C1. The summed E-state index contributed by atoms with van der Waals surface area (Å²) in [4.78, 5) is 6.53. The summed E-state index contributed by atoms with van der Waals surface area (Å²) < 4.78 is 0. The minimum atomic E-state index is -0.301. The van der Waals surface area contributed by atoms with Crippen molar-refractivity contribution < 1.29 is 10.2 Å². The molecule has 0 aromatic carbocycles. The van der Waals surface area contributed by atoms with Crippen LogP contribution in [-0.2, 0) is 0 Å². The van der Waals surface area contributed by atoms with Gasteiger partial charge in [0.2, 0.25) is 0 Å². The highest BCUT2D eigenvalue weighted by molar-refractivity contribution is 4.70. The molecule has 2 N–H and O–H groups in total. The lowest BCUT2D eigenvalue weighted by Gasteiger charge is -2.41. The van der Waals surface area contributed by atoms with E-state index in [9.17, 15) is 10.2 Å². The maximum absolute atomic E-state index is 9.33. The molecule has 5 heteroatoms. The molecule has 0 amide bonds. The van der Waals surface area contributed by atoms with Crippen LogP contribution in [0.15, 0.2) is 0 Å². The molecule has 1 saturated heterocycles. The van der Waals surface area contributed by atoms with E-state index in [2.05, 4.69) is 14.7 Å². The molecule has 1 rings (SSSR count). The number of rotatable bonds is 4. The molecule has 1 aliphatic rings. The van der Waals surface area contributed by atoms with E-state index in [4.69, 9.17) is 0 Å². The lowest BCUT2D eigenvalue weighted by atomic mass is 10.3. The quantitative estimate of drug-likeness (QED) is 0.644. The zero-order chi connectivity index (χ0) is 11.4. The highest BCUT2D eigenvalue weighted by atomic mass is 16.3. The molecular weight excluding hydrogens is 194 g/mol. The van der Waals surface area contributed by atoms with E-state index < -0.39 is 0 Å². The number of nitrogens with zero attached hydrogens (tertiary/aromatic N) is 3. The smallest absolute Gasteiger partial charge is 0.0640 e. The van der Waals surface area contributed by atoms with Crippen molar-refractivity contribution in [2.45, 2.75) is 26.1 Å². The molecule has 0 saturated carbocycles. The first-order chi connectivity index (χ1) is 6.97. The Hall–Kier alpha value is -0.200. The predicted molar refractivity (Wildman–Crippen MR) is 59.1 cm³/mol. The summed E-state index contributed by atoms with van der Waals surface area (Å²) in [6, 6.07) is 0. The summed E-state index contributed by atoms with van der Waals surface area (Å²) in [6.07, 6.45) is -0.602. The molecule has 1 fully saturated rings. The van der Waals surface area contributed by atoms with Crippen molar-refractivity contribution in [1.82, 2.24) is 14.7 Å². The van der Waals surface area contributed by atoms with E-state index in [1.165, 1.54) is 0 Å². The second-order valence-electron chi connectivity index (χ2n) is 4.69. The lowest BCUT2D eigenvalue weighted by molar-refractivity contribution is -0.0459. The van der Waals surface area contributed by atoms with E-state index in [1.807, 2.05) is 7.05 Å². The molecule has 5 nitrogen and oxygen atoms in total. The van der Waals surface area contributed by atoms with Crippen LogP contribution in [0.4, 0.5) is 0 Å². The van der Waals surface area contributed by atoms with Crippen LogP contribution < -0.4 is 0 Å². The Kier molecular flexibility index (Phi) is 4.95. The van der Waals surface area contributed by atoms with Gasteiger partial charge in [-0.25, -0.2) is 0 Å². The molecule has 0 aromatic heterocycles. The second kappa shape index (κ2) is 5.77. The summed E-state index contributed by atoms with van der Waals surface area (Å²) >= 11 is 0. The number of hydrogen-bond donors (Lipinski definition) is 2. The lowest BCUT2D eigenvalue weighted by Crippen LogP contribution is -2.55. The van der Waals surface area contributed by atoms with E-state index in [0.29, 0.717) is 13.1 Å². The van der Waals surface area contributed by atoms with E-state index in [-0.39, 0.29) is 12.2 Å².